The number of nitrogens with zero attached hydrogens (tertiary/aromatic N) is 3. The highest BCUT2D eigenvalue weighted by Crippen LogP contribution is 2.27. The van der Waals surface area contributed by atoms with E-state index in [0.29, 0.717) is 22.1 Å². The zero-order chi connectivity index (χ0) is 20.4. The van der Waals surface area contributed by atoms with Gasteiger partial charge in [0.05, 0.1) is 17.0 Å². The highest BCUT2D eigenvalue weighted by molar-refractivity contribution is 7.14. The molecule has 144 valence electrons. The van der Waals surface area contributed by atoms with Crippen molar-refractivity contribution in [2.24, 2.45) is 0 Å². The minimum Gasteiger partial charge on any atom is -0.343 e. The maximum atomic E-state index is 12.6. The van der Waals surface area contributed by atoms with Gasteiger partial charge >= 0.3 is 0 Å². The Hall–Kier alpha value is -3.06. The molecule has 0 aliphatic heterocycles. The fraction of sp³-hybridized carbons (Fsp3) is 0.238. The zero-order valence-corrected chi connectivity index (χ0v) is 17.3. The van der Waals surface area contributed by atoms with Crippen molar-refractivity contribution < 1.29 is 9.59 Å². The second kappa shape index (κ2) is 7.90. The minimum atomic E-state index is -0.296. The van der Waals surface area contributed by atoms with Crippen LogP contribution in [0.2, 0.25) is 0 Å². The van der Waals surface area contributed by atoms with Crippen molar-refractivity contribution in [3.05, 3.63) is 63.8 Å². The van der Waals surface area contributed by atoms with Gasteiger partial charge in [-0.05, 0) is 50.1 Å². The van der Waals surface area contributed by atoms with Crippen LogP contribution in [0, 0.1) is 20.8 Å². The Kier molecular flexibility index (Phi) is 5.56. The number of carbonyl (C=O) groups is 2. The number of benzene rings is 1. The highest BCUT2D eigenvalue weighted by Gasteiger charge is 2.16. The summed E-state index contributed by atoms with van der Waals surface area (Å²) in [5, 5.41) is 5.26. The van der Waals surface area contributed by atoms with Gasteiger partial charge in [0.25, 0.3) is 11.8 Å². The molecule has 2 heterocycles. The first-order valence-electron chi connectivity index (χ1n) is 8.80. The summed E-state index contributed by atoms with van der Waals surface area (Å²) in [5.41, 5.74) is 5.49. The van der Waals surface area contributed by atoms with Crippen LogP contribution in [-0.2, 0) is 0 Å². The Morgan fingerprint density at radius 3 is 2.39 bits per heavy atom. The fourth-order valence-electron chi connectivity index (χ4n) is 2.68. The molecule has 3 aromatic rings. The number of hydrogen-bond acceptors (Lipinski definition) is 5. The summed E-state index contributed by atoms with van der Waals surface area (Å²) >= 11 is 1.37. The number of anilines is 1. The molecule has 28 heavy (non-hydrogen) atoms. The van der Waals surface area contributed by atoms with Crippen LogP contribution in [0.5, 0.6) is 0 Å². The number of rotatable bonds is 4. The van der Waals surface area contributed by atoms with Crippen molar-refractivity contribution in [1.29, 1.82) is 0 Å². The SMILES string of the molecule is Cc1ccc(-c2csc(NC(=O)c3ccc(C(=O)N(C)C)nc3C)n2)cc1C. The van der Waals surface area contributed by atoms with Gasteiger partial charge in [0.2, 0.25) is 0 Å². The van der Waals surface area contributed by atoms with Gasteiger partial charge in [-0.15, -0.1) is 11.3 Å². The minimum absolute atomic E-state index is 0.201. The van der Waals surface area contributed by atoms with Crippen molar-refractivity contribution in [2.75, 3.05) is 19.4 Å². The van der Waals surface area contributed by atoms with E-state index >= 15 is 0 Å². The van der Waals surface area contributed by atoms with Crippen molar-refractivity contribution in [2.45, 2.75) is 20.8 Å². The largest absolute Gasteiger partial charge is 0.343 e. The summed E-state index contributed by atoms with van der Waals surface area (Å²) in [6, 6.07) is 9.36. The first-order chi connectivity index (χ1) is 13.3. The lowest BCUT2D eigenvalue weighted by atomic mass is 10.1. The van der Waals surface area contributed by atoms with Crippen LogP contribution in [0.4, 0.5) is 5.13 Å². The lowest BCUT2D eigenvalue weighted by Crippen LogP contribution is -2.23. The van der Waals surface area contributed by atoms with E-state index in [4.69, 9.17) is 0 Å². The topological polar surface area (TPSA) is 75.2 Å². The van der Waals surface area contributed by atoms with Crippen LogP contribution in [0.25, 0.3) is 11.3 Å². The van der Waals surface area contributed by atoms with Gasteiger partial charge in [0.15, 0.2) is 5.13 Å². The Bertz CT molecular complexity index is 1060. The number of amides is 2. The van der Waals surface area contributed by atoms with Crippen LogP contribution in [-0.4, -0.2) is 40.8 Å². The van der Waals surface area contributed by atoms with Crippen LogP contribution < -0.4 is 5.32 Å². The third-order valence-electron chi connectivity index (χ3n) is 4.48. The van der Waals surface area contributed by atoms with Gasteiger partial charge in [-0.1, -0.05) is 12.1 Å². The Morgan fingerprint density at radius 2 is 1.75 bits per heavy atom. The van der Waals surface area contributed by atoms with Crippen molar-refractivity contribution >= 4 is 28.3 Å². The standard InChI is InChI=1S/C21H22N4O2S/c1-12-6-7-15(10-13(12)2)18-11-28-21(23-18)24-19(26)16-8-9-17(22-14(16)3)20(27)25(4)5/h6-11H,1-5H3,(H,23,24,26). The molecular weight excluding hydrogens is 372 g/mol. The second-order valence-corrected chi connectivity index (χ2v) is 7.68. The average Bonchev–Trinajstić information content (AvgIpc) is 3.11. The summed E-state index contributed by atoms with van der Waals surface area (Å²) in [4.78, 5) is 34.8. The third-order valence-corrected chi connectivity index (χ3v) is 5.24. The molecule has 0 aliphatic rings. The van der Waals surface area contributed by atoms with Gasteiger partial charge < -0.3 is 4.90 Å². The first kappa shape index (κ1) is 19.7. The molecule has 2 aromatic heterocycles. The van der Waals surface area contributed by atoms with Gasteiger partial charge in [-0.3, -0.25) is 14.9 Å². The molecule has 2 amide bonds. The van der Waals surface area contributed by atoms with E-state index in [1.54, 1.807) is 33.2 Å². The maximum Gasteiger partial charge on any atom is 0.271 e. The Labute approximate surface area is 168 Å². The smallest absolute Gasteiger partial charge is 0.271 e. The molecule has 0 radical (unpaired) electrons. The summed E-state index contributed by atoms with van der Waals surface area (Å²) in [6.45, 7) is 5.84. The lowest BCUT2D eigenvalue weighted by molar-refractivity contribution is 0.0821. The normalized spacial score (nSPS) is 10.6. The molecule has 3 rings (SSSR count). The summed E-state index contributed by atoms with van der Waals surface area (Å²) in [7, 11) is 3.32. The first-order valence-corrected chi connectivity index (χ1v) is 9.68. The molecule has 0 spiro atoms. The number of carbonyl (C=O) groups excluding carboxylic acids is 2. The summed E-state index contributed by atoms with van der Waals surface area (Å²) in [5.74, 6) is -0.497. The van der Waals surface area contributed by atoms with E-state index in [9.17, 15) is 9.59 Å². The molecule has 7 heteroatoms. The Balaban J connectivity index is 1.77. The fourth-order valence-corrected chi connectivity index (χ4v) is 3.39. The molecule has 0 saturated carbocycles. The van der Waals surface area contributed by atoms with E-state index in [-0.39, 0.29) is 11.8 Å². The lowest BCUT2D eigenvalue weighted by Gasteiger charge is -2.11. The number of aryl methyl sites for hydroxylation is 3. The molecule has 0 atom stereocenters. The van der Waals surface area contributed by atoms with Gasteiger partial charge in [-0.25, -0.2) is 9.97 Å². The number of aromatic nitrogens is 2. The molecule has 0 unspecified atom stereocenters. The van der Waals surface area contributed by atoms with E-state index in [1.807, 2.05) is 11.4 Å². The van der Waals surface area contributed by atoms with E-state index in [2.05, 4.69) is 41.3 Å². The van der Waals surface area contributed by atoms with Gasteiger partial charge in [0, 0.05) is 25.0 Å². The maximum absolute atomic E-state index is 12.6. The predicted octanol–water partition coefficient (Wildman–Crippen LogP) is 4.08. The van der Waals surface area contributed by atoms with Gasteiger partial charge in [0.1, 0.15) is 5.69 Å². The monoisotopic (exact) mass is 394 g/mol. The van der Waals surface area contributed by atoms with Crippen molar-refractivity contribution in [1.82, 2.24) is 14.9 Å². The number of pyridine rings is 1. The molecular formula is C21H22N4O2S. The predicted molar refractivity (Wildman–Crippen MR) is 112 cm³/mol. The molecule has 0 aliphatic carbocycles. The molecule has 6 nitrogen and oxygen atoms in total. The van der Waals surface area contributed by atoms with E-state index in [0.717, 1.165) is 11.3 Å². The Morgan fingerprint density at radius 1 is 1.00 bits per heavy atom. The van der Waals surface area contributed by atoms with E-state index in [1.165, 1.54) is 27.4 Å². The summed E-state index contributed by atoms with van der Waals surface area (Å²) < 4.78 is 0. The molecule has 0 bridgehead atoms. The van der Waals surface area contributed by atoms with Crippen LogP contribution in [0.1, 0.15) is 37.7 Å². The average molecular weight is 395 g/mol. The van der Waals surface area contributed by atoms with Crippen LogP contribution in [0.3, 0.4) is 0 Å². The molecule has 0 saturated heterocycles. The molecule has 0 fully saturated rings. The van der Waals surface area contributed by atoms with Crippen molar-refractivity contribution in [3.8, 4) is 11.3 Å². The summed E-state index contributed by atoms with van der Waals surface area (Å²) in [6.07, 6.45) is 0. The second-order valence-electron chi connectivity index (χ2n) is 6.82. The number of thiazole rings is 1. The zero-order valence-electron chi connectivity index (χ0n) is 16.5. The van der Waals surface area contributed by atoms with Crippen molar-refractivity contribution in [3.63, 3.8) is 0 Å². The van der Waals surface area contributed by atoms with E-state index < -0.39 is 0 Å². The highest BCUT2D eigenvalue weighted by atomic mass is 32.1. The molecule has 1 N–H and O–H groups in total. The third kappa shape index (κ3) is 4.09. The van der Waals surface area contributed by atoms with Crippen LogP contribution in [0.15, 0.2) is 35.7 Å². The number of hydrogen-bond donors (Lipinski definition) is 1. The van der Waals surface area contributed by atoms with Crippen LogP contribution >= 0.6 is 11.3 Å². The number of nitrogens with one attached hydrogen (secondary N) is 1. The van der Waals surface area contributed by atoms with Gasteiger partial charge in [-0.2, -0.15) is 0 Å². The quantitative estimate of drug-likeness (QED) is 0.723. The molecule has 1 aromatic carbocycles.